The van der Waals surface area contributed by atoms with Crippen molar-refractivity contribution in [1.29, 1.82) is 5.26 Å². The standard InChI is InChI=1S/C30H26ClN3O4S/c31-26-11-15-29(16-12-26)39(36,37)34(21-24-9-5-2-6-10-24)22-28-14-13-27(38-28)19-25(20-32)30(35)33-18-17-23-7-3-1-4-8-23/h1-16,19H,17-18,21-22H2,(H,33,35)/b25-19-. The molecule has 0 aliphatic heterocycles. The minimum Gasteiger partial charge on any atom is -0.460 e. The number of carbonyl (C=O) groups is 1. The molecule has 1 amide bonds. The summed E-state index contributed by atoms with van der Waals surface area (Å²) in [5, 5.41) is 12.7. The normalized spacial score (nSPS) is 11.8. The van der Waals surface area contributed by atoms with E-state index in [0.717, 1.165) is 11.1 Å². The fourth-order valence-corrected chi connectivity index (χ4v) is 5.37. The van der Waals surface area contributed by atoms with Gasteiger partial charge in [-0.2, -0.15) is 9.57 Å². The van der Waals surface area contributed by atoms with Gasteiger partial charge in [-0.25, -0.2) is 8.42 Å². The summed E-state index contributed by atoms with van der Waals surface area (Å²) in [6, 6.07) is 30.0. The van der Waals surface area contributed by atoms with Crippen molar-refractivity contribution in [3.05, 3.63) is 130 Å². The number of amides is 1. The number of rotatable bonds is 11. The van der Waals surface area contributed by atoms with Crippen LogP contribution in [-0.4, -0.2) is 25.2 Å². The molecule has 0 saturated heterocycles. The lowest BCUT2D eigenvalue weighted by Gasteiger charge is -2.21. The number of benzene rings is 3. The number of nitrogens with zero attached hydrogens (tertiary/aromatic N) is 2. The molecular weight excluding hydrogens is 534 g/mol. The van der Waals surface area contributed by atoms with Crippen LogP contribution in [0.4, 0.5) is 0 Å². The summed E-state index contributed by atoms with van der Waals surface area (Å²) in [4.78, 5) is 12.6. The summed E-state index contributed by atoms with van der Waals surface area (Å²) >= 11 is 5.96. The zero-order valence-electron chi connectivity index (χ0n) is 21.0. The Morgan fingerprint density at radius 3 is 2.18 bits per heavy atom. The summed E-state index contributed by atoms with van der Waals surface area (Å²) in [6.07, 6.45) is 1.98. The first-order valence-corrected chi connectivity index (χ1v) is 14.0. The highest BCUT2D eigenvalue weighted by Crippen LogP contribution is 2.24. The summed E-state index contributed by atoms with van der Waals surface area (Å²) in [5.74, 6) is 0.113. The van der Waals surface area contributed by atoms with Gasteiger partial charge in [0, 0.05) is 24.2 Å². The first-order chi connectivity index (χ1) is 18.8. The Balaban J connectivity index is 1.49. The van der Waals surface area contributed by atoms with E-state index in [-0.39, 0.29) is 29.3 Å². The molecule has 0 fully saturated rings. The number of hydrogen-bond donors (Lipinski definition) is 1. The van der Waals surface area contributed by atoms with Crippen LogP contribution in [-0.2, 0) is 34.3 Å². The molecule has 4 rings (SSSR count). The first-order valence-electron chi connectivity index (χ1n) is 12.2. The van der Waals surface area contributed by atoms with Crippen LogP contribution in [0.5, 0.6) is 0 Å². The molecule has 1 N–H and O–H groups in total. The van der Waals surface area contributed by atoms with Crippen molar-refractivity contribution < 1.29 is 17.6 Å². The zero-order chi connectivity index (χ0) is 27.7. The minimum absolute atomic E-state index is 0.0567. The van der Waals surface area contributed by atoms with Gasteiger partial charge in [-0.15, -0.1) is 0 Å². The number of carbonyl (C=O) groups excluding carboxylic acids is 1. The molecule has 0 aliphatic rings. The lowest BCUT2D eigenvalue weighted by molar-refractivity contribution is -0.117. The monoisotopic (exact) mass is 559 g/mol. The van der Waals surface area contributed by atoms with E-state index in [1.54, 1.807) is 12.1 Å². The maximum Gasteiger partial charge on any atom is 0.262 e. The number of sulfonamides is 1. The largest absolute Gasteiger partial charge is 0.460 e. The van der Waals surface area contributed by atoms with Crippen molar-refractivity contribution in [3.63, 3.8) is 0 Å². The van der Waals surface area contributed by atoms with Crippen LogP contribution < -0.4 is 5.32 Å². The van der Waals surface area contributed by atoms with Gasteiger partial charge < -0.3 is 9.73 Å². The van der Waals surface area contributed by atoms with Crippen LogP contribution in [0.15, 0.2) is 112 Å². The van der Waals surface area contributed by atoms with E-state index >= 15 is 0 Å². The second-order valence-corrected chi connectivity index (χ2v) is 11.1. The van der Waals surface area contributed by atoms with Gasteiger partial charge in [0.2, 0.25) is 10.0 Å². The van der Waals surface area contributed by atoms with Gasteiger partial charge in [0.05, 0.1) is 11.4 Å². The Bertz CT molecular complexity index is 1580. The van der Waals surface area contributed by atoms with Gasteiger partial charge in [0.1, 0.15) is 23.2 Å². The topological polar surface area (TPSA) is 103 Å². The molecule has 1 aromatic heterocycles. The van der Waals surface area contributed by atoms with Crippen LogP contribution in [0.1, 0.15) is 22.6 Å². The number of hydrogen-bond acceptors (Lipinski definition) is 5. The molecule has 0 spiro atoms. The summed E-state index contributed by atoms with van der Waals surface area (Å²) in [7, 11) is -3.90. The highest BCUT2D eigenvalue weighted by Gasteiger charge is 2.26. The molecule has 198 valence electrons. The average Bonchev–Trinajstić information content (AvgIpc) is 3.39. The highest BCUT2D eigenvalue weighted by atomic mass is 35.5. The first kappa shape index (κ1) is 27.9. The van der Waals surface area contributed by atoms with Crippen molar-refractivity contribution in [3.8, 4) is 6.07 Å². The van der Waals surface area contributed by atoms with Gasteiger partial charge in [-0.1, -0.05) is 72.3 Å². The maximum absolute atomic E-state index is 13.5. The van der Waals surface area contributed by atoms with Gasteiger partial charge in [0.15, 0.2) is 0 Å². The molecule has 0 aliphatic carbocycles. The van der Waals surface area contributed by atoms with Crippen LogP contribution in [0.2, 0.25) is 5.02 Å². The van der Waals surface area contributed by atoms with E-state index in [9.17, 15) is 18.5 Å². The third-order valence-electron chi connectivity index (χ3n) is 5.86. The van der Waals surface area contributed by atoms with Crippen molar-refractivity contribution in [2.45, 2.75) is 24.4 Å². The molecule has 0 saturated carbocycles. The molecule has 0 bridgehead atoms. The molecule has 0 radical (unpaired) electrons. The summed E-state index contributed by atoms with van der Waals surface area (Å²) < 4.78 is 34.1. The van der Waals surface area contributed by atoms with E-state index in [1.165, 1.54) is 34.6 Å². The van der Waals surface area contributed by atoms with Crippen molar-refractivity contribution in [2.24, 2.45) is 0 Å². The maximum atomic E-state index is 13.5. The predicted octanol–water partition coefficient (Wildman–Crippen LogP) is 5.59. The quantitative estimate of drug-likeness (QED) is 0.190. The van der Waals surface area contributed by atoms with Gasteiger partial charge >= 0.3 is 0 Å². The van der Waals surface area contributed by atoms with Crippen molar-refractivity contribution >= 4 is 33.6 Å². The third kappa shape index (κ3) is 7.68. The lowest BCUT2D eigenvalue weighted by Crippen LogP contribution is -2.30. The second kappa shape index (κ2) is 13.1. The van der Waals surface area contributed by atoms with E-state index in [1.807, 2.05) is 66.7 Å². The molecule has 0 atom stereocenters. The molecule has 9 heteroatoms. The number of furan rings is 1. The van der Waals surface area contributed by atoms with Crippen LogP contribution in [0, 0.1) is 11.3 Å². The fraction of sp³-hybridized carbons (Fsp3) is 0.133. The number of nitriles is 1. The summed E-state index contributed by atoms with van der Waals surface area (Å²) in [5.41, 5.74) is 1.77. The molecule has 3 aromatic carbocycles. The van der Waals surface area contributed by atoms with E-state index in [0.29, 0.717) is 23.7 Å². The number of nitrogens with one attached hydrogen (secondary N) is 1. The van der Waals surface area contributed by atoms with Crippen LogP contribution in [0.25, 0.3) is 6.08 Å². The van der Waals surface area contributed by atoms with Crippen LogP contribution in [0.3, 0.4) is 0 Å². The van der Waals surface area contributed by atoms with Gasteiger partial charge in [-0.3, -0.25) is 4.79 Å². The Morgan fingerprint density at radius 1 is 0.897 bits per heavy atom. The molecule has 0 unspecified atom stereocenters. The highest BCUT2D eigenvalue weighted by molar-refractivity contribution is 7.89. The molecule has 39 heavy (non-hydrogen) atoms. The Morgan fingerprint density at radius 2 is 1.54 bits per heavy atom. The molecule has 7 nitrogen and oxygen atoms in total. The Hall–Kier alpha value is -4.16. The van der Waals surface area contributed by atoms with Gasteiger partial charge in [0.25, 0.3) is 5.91 Å². The molecule has 4 aromatic rings. The van der Waals surface area contributed by atoms with Crippen molar-refractivity contribution in [1.82, 2.24) is 9.62 Å². The van der Waals surface area contributed by atoms with E-state index in [2.05, 4.69) is 5.32 Å². The average molecular weight is 560 g/mol. The Kier molecular flexibility index (Phi) is 9.34. The zero-order valence-corrected chi connectivity index (χ0v) is 22.5. The SMILES string of the molecule is N#C/C(=C/c1ccc(CN(Cc2ccccc2)S(=O)(=O)c2ccc(Cl)cc2)o1)C(=O)NCCc1ccccc1. The van der Waals surface area contributed by atoms with Crippen molar-refractivity contribution in [2.75, 3.05) is 6.54 Å². The smallest absolute Gasteiger partial charge is 0.262 e. The second-order valence-electron chi connectivity index (χ2n) is 8.68. The van der Waals surface area contributed by atoms with Crippen LogP contribution >= 0.6 is 11.6 Å². The lowest BCUT2D eigenvalue weighted by atomic mass is 10.1. The number of halogens is 1. The fourth-order valence-electron chi connectivity index (χ4n) is 3.85. The van der Waals surface area contributed by atoms with Gasteiger partial charge in [-0.05, 0) is 53.9 Å². The molecular formula is C30H26ClN3O4S. The Labute approximate surface area is 233 Å². The van der Waals surface area contributed by atoms with E-state index in [4.69, 9.17) is 16.0 Å². The molecule has 1 heterocycles. The predicted molar refractivity (Wildman–Crippen MR) is 150 cm³/mol. The third-order valence-corrected chi connectivity index (χ3v) is 7.92. The summed E-state index contributed by atoms with van der Waals surface area (Å²) in [6.45, 7) is 0.437. The van der Waals surface area contributed by atoms with E-state index < -0.39 is 15.9 Å². The minimum atomic E-state index is -3.90.